The predicted octanol–water partition coefficient (Wildman–Crippen LogP) is 4.02. The summed E-state index contributed by atoms with van der Waals surface area (Å²) in [5.41, 5.74) is 6.95. The molecular weight excluding hydrogens is 462 g/mol. The maximum absolute atomic E-state index is 11.5. The summed E-state index contributed by atoms with van der Waals surface area (Å²) in [6, 6.07) is 11.7. The van der Waals surface area contributed by atoms with Crippen LogP contribution in [0.2, 0.25) is 0 Å². The third kappa shape index (κ3) is 5.01. The van der Waals surface area contributed by atoms with Crippen LogP contribution in [0.4, 0.5) is 0 Å². The topological polar surface area (TPSA) is 115 Å². The molecule has 2 aromatic heterocycles. The molecule has 0 fully saturated rings. The van der Waals surface area contributed by atoms with E-state index in [-0.39, 0.29) is 11.5 Å². The van der Waals surface area contributed by atoms with Crippen molar-refractivity contribution >= 4 is 26.3 Å². The number of benzene rings is 2. The van der Waals surface area contributed by atoms with Gasteiger partial charge < -0.3 is 10.1 Å². The molecular formula is C26H29N5O3S. The number of nitrogens with zero attached hydrogens (tertiary/aromatic N) is 3. The third-order valence-electron chi connectivity index (χ3n) is 6.50. The van der Waals surface area contributed by atoms with E-state index in [1.807, 2.05) is 24.4 Å². The summed E-state index contributed by atoms with van der Waals surface area (Å²) < 4.78 is 23.1. The number of sulfone groups is 1. The highest BCUT2D eigenvalue weighted by molar-refractivity contribution is 7.90. The largest absolute Gasteiger partial charge is 0.508 e. The van der Waals surface area contributed by atoms with Gasteiger partial charge in [0.05, 0.1) is 23.2 Å². The number of aromatic hydroxyl groups is 1. The highest BCUT2D eigenvalue weighted by atomic mass is 32.2. The molecule has 0 unspecified atom stereocenters. The Bertz CT molecular complexity index is 1520. The Kier molecular flexibility index (Phi) is 6.21. The van der Waals surface area contributed by atoms with Crippen molar-refractivity contribution in [2.45, 2.75) is 19.8 Å². The molecule has 3 N–H and O–H groups in total. The lowest BCUT2D eigenvalue weighted by Crippen LogP contribution is -2.33. The quantitative estimate of drug-likeness (QED) is 0.360. The molecule has 2 aromatic carbocycles. The van der Waals surface area contributed by atoms with Crippen molar-refractivity contribution in [3.8, 4) is 28.4 Å². The average molecular weight is 492 g/mol. The Morgan fingerprint density at radius 3 is 2.83 bits per heavy atom. The number of hydrogen-bond acceptors (Lipinski definition) is 6. The summed E-state index contributed by atoms with van der Waals surface area (Å²) in [7, 11) is -2.98. The lowest BCUT2D eigenvalue weighted by Gasteiger charge is -2.26. The van der Waals surface area contributed by atoms with Crippen LogP contribution < -0.4 is 0 Å². The van der Waals surface area contributed by atoms with Crippen LogP contribution in [0.15, 0.2) is 48.7 Å². The fourth-order valence-electron chi connectivity index (χ4n) is 4.61. The van der Waals surface area contributed by atoms with Gasteiger partial charge in [0.2, 0.25) is 0 Å². The minimum atomic E-state index is -2.98. The second-order valence-corrected chi connectivity index (χ2v) is 11.4. The van der Waals surface area contributed by atoms with Gasteiger partial charge in [-0.2, -0.15) is 5.10 Å². The van der Waals surface area contributed by atoms with E-state index in [0.717, 1.165) is 63.9 Å². The van der Waals surface area contributed by atoms with Crippen LogP contribution in [0.5, 0.6) is 5.75 Å². The first kappa shape index (κ1) is 23.3. The lowest BCUT2D eigenvalue weighted by atomic mass is 9.97. The molecule has 8 nitrogen and oxygen atoms in total. The second-order valence-electron chi connectivity index (χ2n) is 9.10. The molecule has 0 atom stereocenters. The van der Waals surface area contributed by atoms with Crippen molar-refractivity contribution in [1.29, 1.82) is 0 Å². The monoisotopic (exact) mass is 491 g/mol. The van der Waals surface area contributed by atoms with E-state index < -0.39 is 9.84 Å². The first-order chi connectivity index (χ1) is 16.8. The zero-order chi connectivity index (χ0) is 24.6. The Morgan fingerprint density at radius 2 is 2.03 bits per heavy atom. The molecule has 3 heterocycles. The zero-order valence-corrected chi connectivity index (χ0v) is 20.7. The summed E-state index contributed by atoms with van der Waals surface area (Å²) >= 11 is 0. The maximum atomic E-state index is 11.5. The number of aromatic amines is 2. The number of H-pyrrole nitrogens is 2. The predicted molar refractivity (Wildman–Crippen MR) is 139 cm³/mol. The summed E-state index contributed by atoms with van der Waals surface area (Å²) in [6.07, 6.45) is 6.98. The number of hydrogen-bond donors (Lipinski definition) is 3. The fourth-order valence-corrected chi connectivity index (χ4v) is 5.20. The number of nitrogens with one attached hydrogen (secondary N) is 2. The van der Waals surface area contributed by atoms with Gasteiger partial charge in [0.15, 0.2) is 5.82 Å². The van der Waals surface area contributed by atoms with Gasteiger partial charge in [0, 0.05) is 31.3 Å². The highest BCUT2D eigenvalue weighted by Gasteiger charge is 2.19. The van der Waals surface area contributed by atoms with Crippen LogP contribution in [-0.4, -0.2) is 70.2 Å². The van der Waals surface area contributed by atoms with Crippen molar-refractivity contribution in [2.24, 2.45) is 0 Å². The number of phenols is 1. The Hall–Kier alpha value is -3.43. The van der Waals surface area contributed by atoms with E-state index in [1.54, 1.807) is 6.07 Å². The summed E-state index contributed by atoms with van der Waals surface area (Å²) in [4.78, 5) is 10.2. The highest BCUT2D eigenvalue weighted by Crippen LogP contribution is 2.32. The molecule has 35 heavy (non-hydrogen) atoms. The lowest BCUT2D eigenvalue weighted by molar-refractivity contribution is 0.322. The van der Waals surface area contributed by atoms with Crippen LogP contribution in [0.25, 0.3) is 39.1 Å². The van der Waals surface area contributed by atoms with Crippen molar-refractivity contribution in [3.63, 3.8) is 0 Å². The second kappa shape index (κ2) is 9.31. The molecule has 5 rings (SSSR count). The number of rotatable bonds is 7. The summed E-state index contributed by atoms with van der Waals surface area (Å²) in [5.74, 6) is 1.13. The van der Waals surface area contributed by atoms with E-state index in [0.29, 0.717) is 18.9 Å². The molecule has 1 aliphatic rings. The first-order valence-electron chi connectivity index (χ1n) is 11.8. The summed E-state index contributed by atoms with van der Waals surface area (Å²) in [5, 5.41) is 18.5. The van der Waals surface area contributed by atoms with Gasteiger partial charge in [-0.3, -0.25) is 10.00 Å². The maximum Gasteiger partial charge on any atom is 0.159 e. The third-order valence-corrected chi connectivity index (χ3v) is 7.42. The van der Waals surface area contributed by atoms with Crippen LogP contribution in [0.3, 0.4) is 0 Å². The van der Waals surface area contributed by atoms with Gasteiger partial charge in [-0.05, 0) is 59.4 Å². The number of fused-ring (bicyclic) bond motifs is 1. The Morgan fingerprint density at radius 1 is 1.17 bits per heavy atom. The van der Waals surface area contributed by atoms with Gasteiger partial charge in [-0.1, -0.05) is 25.1 Å². The summed E-state index contributed by atoms with van der Waals surface area (Å²) in [6.45, 7) is 4.15. The number of aromatic nitrogens is 4. The first-order valence-corrected chi connectivity index (χ1v) is 13.8. The van der Waals surface area contributed by atoms with Crippen molar-refractivity contribution in [1.82, 2.24) is 25.1 Å². The van der Waals surface area contributed by atoms with Crippen molar-refractivity contribution in [3.05, 3.63) is 59.9 Å². The molecule has 182 valence electrons. The van der Waals surface area contributed by atoms with E-state index in [2.05, 4.69) is 50.2 Å². The van der Waals surface area contributed by atoms with Crippen LogP contribution in [0, 0.1) is 0 Å². The van der Waals surface area contributed by atoms with Crippen molar-refractivity contribution < 1.29 is 13.5 Å². The molecule has 0 spiro atoms. The molecule has 0 saturated heterocycles. The van der Waals surface area contributed by atoms with Gasteiger partial charge >= 0.3 is 0 Å². The zero-order valence-electron chi connectivity index (χ0n) is 19.9. The normalized spacial score (nSPS) is 15.0. The minimum absolute atomic E-state index is 0.166. The van der Waals surface area contributed by atoms with Crippen molar-refractivity contribution in [2.75, 3.05) is 31.6 Å². The number of phenolic OH excluding ortho intramolecular Hbond substituents is 1. The molecule has 0 amide bonds. The SMILES string of the molecule is CCc1cc(O)ccc1-c1ccc2c(-c3ncc(C4=CCCN(CCS(C)(=O)=O)C4)[nH]3)n[nH]c2c1. The molecule has 9 heteroatoms. The number of imidazole rings is 1. The van der Waals surface area contributed by atoms with Gasteiger partial charge in [-0.15, -0.1) is 0 Å². The van der Waals surface area contributed by atoms with E-state index >= 15 is 0 Å². The van der Waals surface area contributed by atoms with Gasteiger partial charge in [0.1, 0.15) is 21.3 Å². The molecule has 0 saturated carbocycles. The molecule has 0 bridgehead atoms. The Labute approximate surface area is 204 Å². The van der Waals surface area contributed by atoms with E-state index in [9.17, 15) is 13.5 Å². The van der Waals surface area contributed by atoms with Crippen LogP contribution >= 0.6 is 0 Å². The molecule has 0 radical (unpaired) electrons. The molecule has 0 aliphatic carbocycles. The fraction of sp³-hybridized carbons (Fsp3) is 0.308. The Balaban J connectivity index is 1.39. The van der Waals surface area contributed by atoms with Crippen LogP contribution in [0.1, 0.15) is 24.6 Å². The van der Waals surface area contributed by atoms with E-state index in [4.69, 9.17) is 0 Å². The van der Waals surface area contributed by atoms with E-state index in [1.165, 1.54) is 6.26 Å². The average Bonchev–Trinajstić information content (AvgIpc) is 3.49. The van der Waals surface area contributed by atoms with Gasteiger partial charge in [0.25, 0.3) is 0 Å². The molecule has 1 aliphatic heterocycles. The van der Waals surface area contributed by atoms with Crippen LogP contribution in [-0.2, 0) is 16.3 Å². The minimum Gasteiger partial charge on any atom is -0.508 e. The molecule has 4 aromatic rings. The standard InChI is InChI=1S/C26H29N5O3S/c1-3-17-13-20(32)7-9-21(17)18-6-8-22-23(14-18)29-30-25(22)26-27-15-24(28-26)19-5-4-10-31(16-19)11-12-35(2,33)34/h5-9,13-15,32H,3-4,10-12,16H2,1-2H3,(H,27,28)(H,29,30). The van der Waals surface area contributed by atoms with Gasteiger partial charge in [-0.25, -0.2) is 13.4 Å². The smallest absolute Gasteiger partial charge is 0.159 e. The number of aryl methyl sites for hydroxylation is 1.